The number of carbonyl (C=O) groups is 1. The number of likely N-dealkylation sites (tertiary alicyclic amines) is 1. The maximum atomic E-state index is 12.3. The average Bonchev–Trinajstić information content (AvgIpc) is 3.11. The maximum Gasteiger partial charge on any atom is 0.271 e. The van der Waals surface area contributed by atoms with Crippen LogP contribution in [0.25, 0.3) is 0 Å². The van der Waals surface area contributed by atoms with E-state index in [2.05, 4.69) is 48.3 Å². The molecular formula is C20H28N4O2. The SMILES string of the molecule is CC(C)c1ccc(OCn2ccc(C(=O)NC3CCN(C)CC3)n2)cc1. The van der Waals surface area contributed by atoms with E-state index in [1.54, 1.807) is 16.9 Å². The summed E-state index contributed by atoms with van der Waals surface area (Å²) in [6.45, 7) is 6.64. The Morgan fingerprint density at radius 3 is 2.58 bits per heavy atom. The van der Waals surface area contributed by atoms with E-state index in [1.807, 2.05) is 12.1 Å². The van der Waals surface area contributed by atoms with Gasteiger partial charge in [0, 0.05) is 12.2 Å². The van der Waals surface area contributed by atoms with E-state index < -0.39 is 0 Å². The van der Waals surface area contributed by atoms with Gasteiger partial charge in [-0.15, -0.1) is 0 Å². The molecule has 0 spiro atoms. The van der Waals surface area contributed by atoms with Gasteiger partial charge >= 0.3 is 0 Å². The molecule has 3 rings (SSSR count). The predicted molar refractivity (Wildman–Crippen MR) is 101 cm³/mol. The largest absolute Gasteiger partial charge is 0.471 e. The number of hydrogen-bond donors (Lipinski definition) is 1. The molecule has 1 fully saturated rings. The smallest absolute Gasteiger partial charge is 0.271 e. The molecule has 1 aliphatic heterocycles. The van der Waals surface area contributed by atoms with Gasteiger partial charge < -0.3 is 15.0 Å². The summed E-state index contributed by atoms with van der Waals surface area (Å²) < 4.78 is 7.38. The molecule has 0 saturated carbocycles. The molecule has 1 saturated heterocycles. The molecule has 1 aliphatic rings. The van der Waals surface area contributed by atoms with Crippen LogP contribution in [-0.4, -0.2) is 46.8 Å². The summed E-state index contributed by atoms with van der Waals surface area (Å²) >= 11 is 0. The van der Waals surface area contributed by atoms with Gasteiger partial charge in [0.1, 0.15) is 11.4 Å². The Balaban J connectivity index is 1.50. The topological polar surface area (TPSA) is 59.4 Å². The van der Waals surface area contributed by atoms with Crippen LogP contribution in [0.15, 0.2) is 36.5 Å². The summed E-state index contributed by atoms with van der Waals surface area (Å²) in [4.78, 5) is 14.6. The summed E-state index contributed by atoms with van der Waals surface area (Å²) in [5, 5.41) is 7.40. The lowest BCUT2D eigenvalue weighted by Crippen LogP contribution is -2.43. The number of amides is 1. The molecule has 0 bridgehead atoms. The highest BCUT2D eigenvalue weighted by atomic mass is 16.5. The number of rotatable bonds is 6. The fourth-order valence-electron chi connectivity index (χ4n) is 3.06. The molecule has 0 aliphatic carbocycles. The first kappa shape index (κ1) is 18.5. The molecular weight excluding hydrogens is 328 g/mol. The second kappa shape index (κ2) is 8.36. The number of hydrogen-bond acceptors (Lipinski definition) is 4. The van der Waals surface area contributed by atoms with Gasteiger partial charge in [-0.3, -0.25) is 4.79 Å². The fraction of sp³-hybridized carbons (Fsp3) is 0.500. The Morgan fingerprint density at radius 1 is 1.23 bits per heavy atom. The standard InChI is InChI=1S/C20H28N4O2/c1-15(2)16-4-6-18(7-5-16)26-14-24-13-10-19(22-24)20(25)21-17-8-11-23(3)12-9-17/h4-7,10,13,15,17H,8-9,11-12,14H2,1-3H3,(H,21,25). The summed E-state index contributed by atoms with van der Waals surface area (Å²) in [5.41, 5.74) is 1.71. The molecule has 140 valence electrons. The van der Waals surface area contributed by atoms with Crippen molar-refractivity contribution in [3.8, 4) is 5.75 Å². The van der Waals surface area contributed by atoms with E-state index in [0.717, 1.165) is 31.7 Å². The van der Waals surface area contributed by atoms with Gasteiger partial charge in [-0.2, -0.15) is 5.10 Å². The van der Waals surface area contributed by atoms with Crippen molar-refractivity contribution < 1.29 is 9.53 Å². The van der Waals surface area contributed by atoms with Crippen molar-refractivity contribution in [2.75, 3.05) is 20.1 Å². The van der Waals surface area contributed by atoms with E-state index in [0.29, 0.717) is 11.6 Å². The minimum Gasteiger partial charge on any atom is -0.471 e. The first-order valence-corrected chi connectivity index (χ1v) is 9.27. The van der Waals surface area contributed by atoms with Crippen LogP contribution in [-0.2, 0) is 6.73 Å². The van der Waals surface area contributed by atoms with Crippen LogP contribution in [0.2, 0.25) is 0 Å². The van der Waals surface area contributed by atoms with E-state index in [9.17, 15) is 4.79 Å². The lowest BCUT2D eigenvalue weighted by atomic mass is 10.0. The van der Waals surface area contributed by atoms with Crippen molar-refractivity contribution in [2.45, 2.75) is 45.4 Å². The fourth-order valence-corrected chi connectivity index (χ4v) is 3.06. The molecule has 1 amide bonds. The molecule has 1 aromatic carbocycles. The van der Waals surface area contributed by atoms with E-state index in [-0.39, 0.29) is 18.7 Å². The molecule has 26 heavy (non-hydrogen) atoms. The van der Waals surface area contributed by atoms with Gasteiger partial charge in [0.2, 0.25) is 0 Å². The number of aromatic nitrogens is 2. The van der Waals surface area contributed by atoms with Crippen LogP contribution in [0.5, 0.6) is 5.75 Å². The van der Waals surface area contributed by atoms with Crippen molar-refractivity contribution in [1.82, 2.24) is 20.0 Å². The van der Waals surface area contributed by atoms with Crippen molar-refractivity contribution in [3.05, 3.63) is 47.8 Å². The first-order valence-electron chi connectivity index (χ1n) is 9.27. The highest BCUT2D eigenvalue weighted by Gasteiger charge is 2.20. The van der Waals surface area contributed by atoms with Crippen molar-refractivity contribution in [1.29, 1.82) is 0 Å². The Hall–Kier alpha value is -2.34. The van der Waals surface area contributed by atoms with Crippen molar-refractivity contribution in [3.63, 3.8) is 0 Å². The minimum absolute atomic E-state index is 0.111. The molecule has 6 nitrogen and oxygen atoms in total. The predicted octanol–water partition coefficient (Wildman–Crippen LogP) is 2.87. The highest BCUT2D eigenvalue weighted by Crippen LogP contribution is 2.18. The Morgan fingerprint density at radius 2 is 1.92 bits per heavy atom. The molecule has 0 atom stereocenters. The number of nitrogens with zero attached hydrogens (tertiary/aromatic N) is 3. The third-order valence-corrected chi connectivity index (χ3v) is 4.84. The third kappa shape index (κ3) is 4.85. The summed E-state index contributed by atoms with van der Waals surface area (Å²) in [7, 11) is 2.11. The number of ether oxygens (including phenoxy) is 1. The van der Waals surface area contributed by atoms with Crippen molar-refractivity contribution >= 4 is 5.91 Å². The summed E-state index contributed by atoms with van der Waals surface area (Å²) in [5.74, 6) is 1.18. The molecule has 2 heterocycles. The van der Waals surface area contributed by atoms with Crippen LogP contribution in [0.1, 0.15) is 48.7 Å². The van der Waals surface area contributed by atoms with Crippen LogP contribution < -0.4 is 10.1 Å². The Kier molecular flexibility index (Phi) is 5.93. The third-order valence-electron chi connectivity index (χ3n) is 4.84. The number of nitrogens with one attached hydrogen (secondary N) is 1. The average molecular weight is 356 g/mol. The molecule has 6 heteroatoms. The zero-order valence-corrected chi connectivity index (χ0v) is 15.8. The maximum absolute atomic E-state index is 12.3. The van der Waals surface area contributed by atoms with Crippen LogP contribution >= 0.6 is 0 Å². The summed E-state index contributed by atoms with van der Waals surface area (Å²) in [6.07, 6.45) is 3.74. The van der Waals surface area contributed by atoms with Crippen molar-refractivity contribution in [2.24, 2.45) is 0 Å². The monoisotopic (exact) mass is 356 g/mol. The van der Waals surface area contributed by atoms with Crippen LogP contribution in [0, 0.1) is 0 Å². The minimum atomic E-state index is -0.111. The molecule has 2 aromatic rings. The van der Waals surface area contributed by atoms with Gasteiger partial charge in [-0.05, 0) is 62.7 Å². The lowest BCUT2D eigenvalue weighted by Gasteiger charge is -2.29. The van der Waals surface area contributed by atoms with Gasteiger partial charge in [0.25, 0.3) is 5.91 Å². The normalized spacial score (nSPS) is 16.0. The second-order valence-electron chi connectivity index (χ2n) is 7.29. The number of carbonyl (C=O) groups excluding carboxylic acids is 1. The lowest BCUT2D eigenvalue weighted by molar-refractivity contribution is 0.0909. The Labute approximate surface area is 155 Å². The van der Waals surface area contributed by atoms with E-state index in [4.69, 9.17) is 4.74 Å². The number of benzene rings is 1. The van der Waals surface area contributed by atoms with Gasteiger partial charge in [0.05, 0.1) is 0 Å². The Bertz CT molecular complexity index is 716. The van der Waals surface area contributed by atoms with Gasteiger partial charge in [-0.25, -0.2) is 4.68 Å². The quantitative estimate of drug-likeness (QED) is 0.865. The van der Waals surface area contributed by atoms with Gasteiger partial charge in [-0.1, -0.05) is 26.0 Å². The molecule has 1 N–H and O–H groups in total. The second-order valence-corrected chi connectivity index (χ2v) is 7.29. The van der Waals surface area contributed by atoms with Crippen LogP contribution in [0.4, 0.5) is 0 Å². The molecule has 1 aromatic heterocycles. The highest BCUT2D eigenvalue weighted by molar-refractivity contribution is 5.92. The number of piperidine rings is 1. The zero-order chi connectivity index (χ0) is 18.5. The molecule has 0 radical (unpaired) electrons. The summed E-state index contributed by atoms with van der Waals surface area (Å²) in [6, 6.07) is 10.0. The molecule has 0 unspecified atom stereocenters. The first-order chi connectivity index (χ1) is 12.5. The van der Waals surface area contributed by atoms with E-state index in [1.165, 1.54) is 5.56 Å². The van der Waals surface area contributed by atoms with E-state index >= 15 is 0 Å². The van der Waals surface area contributed by atoms with Crippen LogP contribution in [0.3, 0.4) is 0 Å². The zero-order valence-electron chi connectivity index (χ0n) is 15.8. The van der Waals surface area contributed by atoms with Gasteiger partial charge in [0.15, 0.2) is 6.73 Å².